The van der Waals surface area contributed by atoms with Crippen molar-refractivity contribution >= 4 is 5.96 Å². The average molecular weight is 377 g/mol. The minimum Gasteiger partial charge on any atom is -0.379 e. The third-order valence-electron chi connectivity index (χ3n) is 5.95. The maximum Gasteiger partial charge on any atom is 0.191 e. The highest BCUT2D eigenvalue weighted by Crippen LogP contribution is 2.33. The van der Waals surface area contributed by atoms with E-state index in [0.717, 1.165) is 51.9 Å². The van der Waals surface area contributed by atoms with Gasteiger partial charge in [0.15, 0.2) is 5.96 Å². The molecule has 1 unspecified atom stereocenters. The van der Waals surface area contributed by atoms with Gasteiger partial charge >= 0.3 is 0 Å². The highest BCUT2D eigenvalue weighted by molar-refractivity contribution is 5.79. The van der Waals surface area contributed by atoms with Gasteiger partial charge in [-0.05, 0) is 24.8 Å². The zero-order chi connectivity index (χ0) is 19.0. The van der Waals surface area contributed by atoms with E-state index in [1.54, 1.807) is 0 Å². The number of nitrogens with zero attached hydrogens (tertiary/aromatic N) is 4. The summed E-state index contributed by atoms with van der Waals surface area (Å²) in [5.74, 6) is 1.38. The monoisotopic (exact) mass is 376 g/mol. The smallest absolute Gasteiger partial charge is 0.191 e. The Morgan fingerprint density at radius 1 is 1.22 bits per heavy atom. The van der Waals surface area contributed by atoms with E-state index in [2.05, 4.69) is 32.5 Å². The molecule has 1 aromatic heterocycles. The average Bonchev–Trinajstić information content (AvgIpc) is 3.22. The number of hydrogen-bond donors (Lipinski definition) is 2. The number of aromatic nitrogens is 2. The predicted octanol–water partition coefficient (Wildman–Crippen LogP) is 1.72. The van der Waals surface area contributed by atoms with Gasteiger partial charge in [-0.3, -0.25) is 14.6 Å². The van der Waals surface area contributed by atoms with Crippen LogP contribution in [0.1, 0.15) is 39.0 Å². The summed E-state index contributed by atoms with van der Waals surface area (Å²) < 4.78 is 7.57. The van der Waals surface area contributed by atoms with E-state index in [0.29, 0.717) is 5.92 Å². The molecule has 2 N–H and O–H groups in total. The first kappa shape index (κ1) is 20.1. The zero-order valence-electron chi connectivity index (χ0n) is 17.0. The molecule has 0 radical (unpaired) electrons. The first-order valence-electron chi connectivity index (χ1n) is 10.5. The van der Waals surface area contributed by atoms with Crippen molar-refractivity contribution in [1.82, 2.24) is 25.3 Å². The molecule has 2 aliphatic rings. The Bertz CT molecular complexity index is 561. The van der Waals surface area contributed by atoms with Gasteiger partial charge in [-0.15, -0.1) is 0 Å². The van der Waals surface area contributed by atoms with Gasteiger partial charge in [0, 0.05) is 57.7 Å². The fourth-order valence-electron chi connectivity index (χ4n) is 4.38. The van der Waals surface area contributed by atoms with Crippen LogP contribution in [-0.4, -0.2) is 72.6 Å². The van der Waals surface area contributed by atoms with E-state index in [9.17, 15) is 0 Å². The van der Waals surface area contributed by atoms with Gasteiger partial charge in [-0.25, -0.2) is 0 Å². The molecule has 0 amide bonds. The van der Waals surface area contributed by atoms with Gasteiger partial charge in [-0.1, -0.05) is 26.2 Å². The van der Waals surface area contributed by atoms with Crippen LogP contribution in [0.15, 0.2) is 23.5 Å². The lowest BCUT2D eigenvalue weighted by molar-refractivity contribution is -0.0352. The summed E-state index contributed by atoms with van der Waals surface area (Å²) in [7, 11) is 1.86. The maximum atomic E-state index is 5.58. The van der Waals surface area contributed by atoms with E-state index in [1.807, 2.05) is 30.2 Å². The highest BCUT2D eigenvalue weighted by atomic mass is 16.5. The molecule has 1 aromatic rings. The normalized spacial score (nSPS) is 22.4. The van der Waals surface area contributed by atoms with Crippen molar-refractivity contribution in [2.45, 2.75) is 51.1 Å². The zero-order valence-corrected chi connectivity index (χ0v) is 17.0. The Hall–Kier alpha value is -1.60. The standard InChI is InChI=1S/C20H36N6O/c1-18(16-26-10-6-9-24-26)15-22-19(21-2)23-17-20(7-4-3-5-8-20)25-11-13-27-14-12-25/h6,9-10,18H,3-5,7-8,11-17H2,1-2H3,(H2,21,22,23). The van der Waals surface area contributed by atoms with Crippen molar-refractivity contribution in [2.75, 3.05) is 46.4 Å². The van der Waals surface area contributed by atoms with Gasteiger partial charge in [0.2, 0.25) is 0 Å². The van der Waals surface area contributed by atoms with Crippen molar-refractivity contribution in [3.63, 3.8) is 0 Å². The highest BCUT2D eigenvalue weighted by Gasteiger charge is 2.38. The number of rotatable bonds is 7. The van der Waals surface area contributed by atoms with Gasteiger partial charge in [0.25, 0.3) is 0 Å². The SMILES string of the molecule is CN=C(NCC(C)Cn1cccn1)NCC1(N2CCOCC2)CCCCC1. The van der Waals surface area contributed by atoms with Crippen molar-refractivity contribution in [1.29, 1.82) is 0 Å². The van der Waals surface area contributed by atoms with Crippen molar-refractivity contribution in [2.24, 2.45) is 10.9 Å². The summed E-state index contributed by atoms with van der Waals surface area (Å²) in [6.45, 7) is 8.81. The molecule has 152 valence electrons. The van der Waals surface area contributed by atoms with Gasteiger partial charge in [-0.2, -0.15) is 5.10 Å². The molecule has 2 heterocycles. The van der Waals surface area contributed by atoms with Crippen LogP contribution in [0, 0.1) is 5.92 Å². The molecule has 0 aromatic carbocycles. The minimum atomic E-state index is 0.250. The van der Waals surface area contributed by atoms with Gasteiger partial charge in [0.05, 0.1) is 13.2 Å². The molecule has 7 nitrogen and oxygen atoms in total. The van der Waals surface area contributed by atoms with Crippen LogP contribution < -0.4 is 10.6 Å². The van der Waals surface area contributed by atoms with Crippen LogP contribution in [0.5, 0.6) is 0 Å². The second-order valence-electron chi connectivity index (χ2n) is 8.02. The number of aliphatic imine (C=N–C) groups is 1. The van der Waals surface area contributed by atoms with E-state index in [-0.39, 0.29) is 5.54 Å². The van der Waals surface area contributed by atoms with Crippen LogP contribution in [-0.2, 0) is 11.3 Å². The summed E-state index contributed by atoms with van der Waals surface area (Å²) in [4.78, 5) is 7.11. The molecule has 7 heteroatoms. The molecule has 1 saturated carbocycles. The first-order valence-corrected chi connectivity index (χ1v) is 10.5. The fraction of sp³-hybridized carbons (Fsp3) is 0.800. The Morgan fingerprint density at radius 3 is 2.67 bits per heavy atom. The fourth-order valence-corrected chi connectivity index (χ4v) is 4.38. The molecule has 2 fully saturated rings. The second kappa shape index (κ2) is 10.1. The lowest BCUT2D eigenvalue weighted by atomic mass is 9.80. The summed E-state index contributed by atoms with van der Waals surface area (Å²) in [5, 5.41) is 11.4. The number of hydrogen-bond acceptors (Lipinski definition) is 4. The van der Waals surface area contributed by atoms with Crippen molar-refractivity contribution in [3.8, 4) is 0 Å². The molecule has 3 rings (SSSR count). The van der Waals surface area contributed by atoms with E-state index < -0.39 is 0 Å². The van der Waals surface area contributed by atoms with Gasteiger partial charge < -0.3 is 15.4 Å². The number of guanidine groups is 1. The second-order valence-corrected chi connectivity index (χ2v) is 8.02. The molecule has 1 aliphatic carbocycles. The van der Waals surface area contributed by atoms with Gasteiger partial charge in [0.1, 0.15) is 0 Å². The Morgan fingerprint density at radius 2 is 2.00 bits per heavy atom. The molecule has 0 bridgehead atoms. The van der Waals surface area contributed by atoms with Crippen LogP contribution in [0.25, 0.3) is 0 Å². The molecule has 1 aliphatic heterocycles. The quantitative estimate of drug-likeness (QED) is 0.560. The van der Waals surface area contributed by atoms with Crippen LogP contribution in [0.4, 0.5) is 0 Å². The largest absolute Gasteiger partial charge is 0.379 e. The maximum absolute atomic E-state index is 5.58. The van der Waals surface area contributed by atoms with Crippen LogP contribution in [0.2, 0.25) is 0 Å². The summed E-state index contributed by atoms with van der Waals surface area (Å²) in [6, 6.07) is 1.97. The summed E-state index contributed by atoms with van der Waals surface area (Å²) in [5.41, 5.74) is 0.250. The predicted molar refractivity (Wildman–Crippen MR) is 109 cm³/mol. The molecule has 27 heavy (non-hydrogen) atoms. The van der Waals surface area contributed by atoms with Crippen LogP contribution in [0.3, 0.4) is 0 Å². The molecule has 1 atom stereocenters. The lowest BCUT2D eigenvalue weighted by Gasteiger charge is -2.48. The number of morpholine rings is 1. The molecule has 0 spiro atoms. The van der Waals surface area contributed by atoms with E-state index in [4.69, 9.17) is 4.74 Å². The molecular weight excluding hydrogens is 340 g/mol. The minimum absolute atomic E-state index is 0.250. The van der Waals surface area contributed by atoms with E-state index in [1.165, 1.54) is 32.1 Å². The molecule has 1 saturated heterocycles. The van der Waals surface area contributed by atoms with E-state index >= 15 is 0 Å². The number of ether oxygens (including phenoxy) is 1. The Labute approximate surface area is 163 Å². The number of nitrogens with one attached hydrogen (secondary N) is 2. The van der Waals surface area contributed by atoms with Crippen LogP contribution >= 0.6 is 0 Å². The summed E-state index contributed by atoms with van der Waals surface area (Å²) in [6.07, 6.45) is 10.4. The third-order valence-corrected chi connectivity index (χ3v) is 5.95. The molecular formula is C20H36N6O. The Kier molecular flexibility index (Phi) is 7.52. The third kappa shape index (κ3) is 5.69. The topological polar surface area (TPSA) is 66.7 Å². The lowest BCUT2D eigenvalue weighted by Crippen LogP contribution is -2.60. The Balaban J connectivity index is 1.50. The van der Waals surface area contributed by atoms with Crippen molar-refractivity contribution < 1.29 is 4.74 Å². The first-order chi connectivity index (χ1) is 13.2. The van der Waals surface area contributed by atoms with Crippen molar-refractivity contribution in [3.05, 3.63) is 18.5 Å². The summed E-state index contributed by atoms with van der Waals surface area (Å²) >= 11 is 0.